The molecule has 0 aromatic heterocycles. The highest BCUT2D eigenvalue weighted by molar-refractivity contribution is 5.59. The summed E-state index contributed by atoms with van der Waals surface area (Å²) in [7, 11) is 1.84. The molecular formula is C17H26N2O. The first-order chi connectivity index (χ1) is 9.74. The standard InChI is InChI=1S/C17H26N2O/c1-14-11-15-5-3-4-6-16(15)19(14)12-17(13-20-2)7-9-18-10-8-17/h3-6,14,18H,7-13H2,1-2H3. The van der Waals surface area contributed by atoms with E-state index in [9.17, 15) is 0 Å². The predicted octanol–water partition coefficient (Wildman–Crippen LogP) is 2.45. The molecule has 3 nitrogen and oxygen atoms in total. The van der Waals surface area contributed by atoms with Gasteiger partial charge in [0, 0.05) is 30.8 Å². The number of methoxy groups -OCH3 is 1. The molecule has 0 bridgehead atoms. The van der Waals surface area contributed by atoms with Crippen molar-refractivity contribution < 1.29 is 4.74 Å². The van der Waals surface area contributed by atoms with Crippen molar-refractivity contribution in [3.8, 4) is 0 Å². The third-order valence-electron chi connectivity index (χ3n) is 4.97. The molecule has 1 aromatic rings. The first kappa shape index (κ1) is 13.9. The number of benzene rings is 1. The number of fused-ring (bicyclic) bond motifs is 1. The predicted molar refractivity (Wildman–Crippen MR) is 83.4 cm³/mol. The second-order valence-electron chi connectivity index (χ2n) is 6.49. The molecule has 0 spiro atoms. The monoisotopic (exact) mass is 274 g/mol. The van der Waals surface area contributed by atoms with E-state index in [2.05, 4.69) is 41.4 Å². The third kappa shape index (κ3) is 2.57. The average Bonchev–Trinajstić information content (AvgIpc) is 2.77. The van der Waals surface area contributed by atoms with Crippen molar-refractivity contribution in [2.75, 3.05) is 38.3 Å². The van der Waals surface area contributed by atoms with Gasteiger partial charge < -0.3 is 15.0 Å². The second kappa shape index (κ2) is 5.74. The highest BCUT2D eigenvalue weighted by Gasteiger charge is 2.37. The van der Waals surface area contributed by atoms with Crippen molar-refractivity contribution in [1.82, 2.24) is 5.32 Å². The Morgan fingerprint density at radius 3 is 2.80 bits per heavy atom. The smallest absolute Gasteiger partial charge is 0.0536 e. The summed E-state index contributed by atoms with van der Waals surface area (Å²) in [6, 6.07) is 9.48. The number of nitrogens with one attached hydrogen (secondary N) is 1. The van der Waals surface area contributed by atoms with E-state index in [0.29, 0.717) is 11.5 Å². The Morgan fingerprint density at radius 1 is 1.30 bits per heavy atom. The van der Waals surface area contributed by atoms with Gasteiger partial charge in [-0.3, -0.25) is 0 Å². The lowest BCUT2D eigenvalue weighted by Crippen LogP contribution is -2.48. The maximum absolute atomic E-state index is 5.56. The summed E-state index contributed by atoms with van der Waals surface area (Å²) in [6.45, 7) is 6.59. The molecule has 3 rings (SSSR count). The van der Waals surface area contributed by atoms with Gasteiger partial charge in [0.2, 0.25) is 0 Å². The first-order valence-electron chi connectivity index (χ1n) is 7.78. The fourth-order valence-electron chi connectivity index (χ4n) is 3.84. The third-order valence-corrected chi connectivity index (χ3v) is 4.97. The number of ether oxygens (including phenoxy) is 1. The molecule has 0 radical (unpaired) electrons. The molecule has 1 unspecified atom stereocenters. The van der Waals surface area contributed by atoms with Gasteiger partial charge in [-0.2, -0.15) is 0 Å². The van der Waals surface area contributed by atoms with Crippen molar-refractivity contribution in [2.45, 2.75) is 32.2 Å². The van der Waals surface area contributed by atoms with Crippen molar-refractivity contribution in [2.24, 2.45) is 5.41 Å². The van der Waals surface area contributed by atoms with Gasteiger partial charge in [0.15, 0.2) is 0 Å². The lowest BCUT2D eigenvalue weighted by Gasteiger charge is -2.42. The lowest BCUT2D eigenvalue weighted by molar-refractivity contribution is 0.0580. The Kier molecular flexibility index (Phi) is 3.99. The Morgan fingerprint density at radius 2 is 2.05 bits per heavy atom. The van der Waals surface area contributed by atoms with Crippen molar-refractivity contribution in [3.63, 3.8) is 0 Å². The Hall–Kier alpha value is -1.06. The van der Waals surface area contributed by atoms with Crippen LogP contribution >= 0.6 is 0 Å². The molecule has 110 valence electrons. The highest BCUT2D eigenvalue weighted by atomic mass is 16.5. The van der Waals surface area contributed by atoms with Crippen molar-refractivity contribution >= 4 is 5.69 Å². The molecule has 2 aliphatic heterocycles. The summed E-state index contributed by atoms with van der Waals surface area (Å²) in [5.41, 5.74) is 3.25. The molecule has 1 N–H and O–H groups in total. The van der Waals surface area contributed by atoms with Gasteiger partial charge in [0.05, 0.1) is 6.61 Å². The molecule has 1 saturated heterocycles. The maximum Gasteiger partial charge on any atom is 0.0536 e. The Labute approximate surface area is 122 Å². The second-order valence-corrected chi connectivity index (χ2v) is 6.49. The number of anilines is 1. The van der Waals surface area contributed by atoms with Gasteiger partial charge in [-0.05, 0) is 50.9 Å². The van der Waals surface area contributed by atoms with E-state index < -0.39 is 0 Å². The van der Waals surface area contributed by atoms with E-state index in [1.165, 1.54) is 30.5 Å². The topological polar surface area (TPSA) is 24.5 Å². The van der Waals surface area contributed by atoms with E-state index >= 15 is 0 Å². The number of hydrogen-bond donors (Lipinski definition) is 1. The van der Waals surface area contributed by atoms with Gasteiger partial charge in [0.25, 0.3) is 0 Å². The summed E-state index contributed by atoms with van der Waals surface area (Å²) in [6.07, 6.45) is 3.61. The summed E-state index contributed by atoms with van der Waals surface area (Å²) in [5.74, 6) is 0. The van der Waals surface area contributed by atoms with Crippen LogP contribution in [-0.4, -0.2) is 39.4 Å². The van der Waals surface area contributed by atoms with Gasteiger partial charge in [-0.15, -0.1) is 0 Å². The molecule has 1 fully saturated rings. The van der Waals surface area contributed by atoms with Crippen LogP contribution in [0.4, 0.5) is 5.69 Å². The molecule has 0 saturated carbocycles. The summed E-state index contributed by atoms with van der Waals surface area (Å²) in [4.78, 5) is 2.61. The van der Waals surface area contributed by atoms with Crippen LogP contribution in [0.1, 0.15) is 25.3 Å². The average molecular weight is 274 g/mol. The Bertz CT molecular complexity index is 449. The number of piperidine rings is 1. The van der Waals surface area contributed by atoms with E-state index in [1.54, 1.807) is 0 Å². The molecule has 0 amide bonds. The van der Waals surface area contributed by atoms with Gasteiger partial charge in [-0.1, -0.05) is 18.2 Å². The zero-order chi connectivity index (χ0) is 14.0. The number of rotatable bonds is 4. The number of hydrogen-bond acceptors (Lipinski definition) is 3. The van der Waals surface area contributed by atoms with Crippen LogP contribution in [0.5, 0.6) is 0 Å². The minimum absolute atomic E-state index is 0.311. The fourth-order valence-corrected chi connectivity index (χ4v) is 3.84. The SMILES string of the molecule is COCC1(CN2c3ccccc3CC2C)CCNCC1. The molecule has 20 heavy (non-hydrogen) atoms. The normalized spacial score (nSPS) is 24.7. The summed E-state index contributed by atoms with van der Waals surface area (Å²) < 4.78 is 5.56. The zero-order valence-corrected chi connectivity index (χ0v) is 12.7. The van der Waals surface area contributed by atoms with Crippen LogP contribution in [-0.2, 0) is 11.2 Å². The van der Waals surface area contributed by atoms with Crippen LogP contribution in [0.25, 0.3) is 0 Å². The van der Waals surface area contributed by atoms with Crippen LogP contribution in [0, 0.1) is 5.41 Å². The van der Waals surface area contributed by atoms with Crippen LogP contribution < -0.4 is 10.2 Å². The fraction of sp³-hybridized carbons (Fsp3) is 0.647. The zero-order valence-electron chi connectivity index (χ0n) is 12.7. The first-order valence-corrected chi connectivity index (χ1v) is 7.78. The largest absolute Gasteiger partial charge is 0.384 e. The quantitative estimate of drug-likeness (QED) is 0.913. The lowest BCUT2D eigenvalue weighted by atomic mass is 9.79. The molecule has 1 aromatic carbocycles. The minimum atomic E-state index is 0.311. The molecule has 2 aliphatic rings. The van der Waals surface area contributed by atoms with Gasteiger partial charge >= 0.3 is 0 Å². The minimum Gasteiger partial charge on any atom is -0.384 e. The molecule has 3 heteroatoms. The van der Waals surface area contributed by atoms with E-state index in [-0.39, 0.29) is 0 Å². The van der Waals surface area contributed by atoms with Crippen LogP contribution in [0.15, 0.2) is 24.3 Å². The molecule has 1 atom stereocenters. The van der Waals surface area contributed by atoms with Crippen LogP contribution in [0.2, 0.25) is 0 Å². The van der Waals surface area contributed by atoms with Gasteiger partial charge in [0.1, 0.15) is 0 Å². The maximum atomic E-state index is 5.56. The summed E-state index contributed by atoms with van der Waals surface area (Å²) >= 11 is 0. The van der Waals surface area contributed by atoms with E-state index in [0.717, 1.165) is 26.2 Å². The van der Waals surface area contributed by atoms with Crippen molar-refractivity contribution in [3.05, 3.63) is 29.8 Å². The Balaban J connectivity index is 1.81. The highest BCUT2D eigenvalue weighted by Crippen LogP contribution is 2.38. The molecule has 0 aliphatic carbocycles. The van der Waals surface area contributed by atoms with Crippen LogP contribution in [0.3, 0.4) is 0 Å². The number of nitrogens with zero attached hydrogens (tertiary/aromatic N) is 1. The molecular weight excluding hydrogens is 248 g/mol. The number of para-hydroxylation sites is 1. The van der Waals surface area contributed by atoms with E-state index in [1.807, 2.05) is 7.11 Å². The molecule has 2 heterocycles. The van der Waals surface area contributed by atoms with Crippen molar-refractivity contribution in [1.29, 1.82) is 0 Å². The summed E-state index contributed by atoms with van der Waals surface area (Å²) in [5, 5.41) is 3.48. The van der Waals surface area contributed by atoms with E-state index in [4.69, 9.17) is 4.74 Å². The van der Waals surface area contributed by atoms with Gasteiger partial charge in [-0.25, -0.2) is 0 Å².